The Morgan fingerprint density at radius 3 is 2.78 bits per heavy atom. The standard InChI is InChI=1S/C13H22N2O2S/c1-9(2)12-13(17)14-7-11(16)15(12)8-10-5-3-4-6-18-10/h9-10,12H,3-8H2,1-2H3,(H,14,17). The van der Waals surface area contributed by atoms with Gasteiger partial charge in [-0.1, -0.05) is 20.3 Å². The van der Waals surface area contributed by atoms with Crippen LogP contribution in [0.2, 0.25) is 0 Å². The number of piperazine rings is 1. The Morgan fingerprint density at radius 1 is 1.39 bits per heavy atom. The van der Waals surface area contributed by atoms with Gasteiger partial charge in [0.1, 0.15) is 6.04 Å². The molecule has 2 unspecified atom stereocenters. The van der Waals surface area contributed by atoms with Crippen LogP contribution in [-0.2, 0) is 9.59 Å². The van der Waals surface area contributed by atoms with Crippen molar-refractivity contribution < 1.29 is 9.59 Å². The van der Waals surface area contributed by atoms with E-state index in [9.17, 15) is 9.59 Å². The predicted octanol–water partition coefficient (Wildman–Crippen LogP) is 1.26. The third-order valence-corrected chi connectivity index (χ3v) is 5.02. The van der Waals surface area contributed by atoms with E-state index in [4.69, 9.17) is 0 Å². The monoisotopic (exact) mass is 270 g/mol. The second-order valence-electron chi connectivity index (χ2n) is 5.44. The molecular weight excluding hydrogens is 248 g/mol. The van der Waals surface area contributed by atoms with Gasteiger partial charge in [-0.05, 0) is 24.5 Å². The van der Waals surface area contributed by atoms with Crippen molar-refractivity contribution in [2.24, 2.45) is 5.92 Å². The molecule has 0 aromatic carbocycles. The normalized spacial score (nSPS) is 29.6. The molecule has 0 spiro atoms. The first-order chi connectivity index (χ1) is 8.59. The van der Waals surface area contributed by atoms with E-state index in [0.29, 0.717) is 5.25 Å². The SMILES string of the molecule is CC(C)C1C(=O)NCC(=O)N1CC1CCCCS1. The Labute approximate surface area is 113 Å². The van der Waals surface area contributed by atoms with Crippen molar-refractivity contribution in [1.29, 1.82) is 0 Å². The largest absolute Gasteiger partial charge is 0.345 e. The molecule has 0 aromatic rings. The van der Waals surface area contributed by atoms with Crippen molar-refractivity contribution in [3.8, 4) is 0 Å². The summed E-state index contributed by atoms with van der Waals surface area (Å²) in [4.78, 5) is 25.8. The van der Waals surface area contributed by atoms with Gasteiger partial charge in [0, 0.05) is 11.8 Å². The molecule has 1 N–H and O–H groups in total. The van der Waals surface area contributed by atoms with Gasteiger partial charge in [0.2, 0.25) is 11.8 Å². The molecule has 2 fully saturated rings. The minimum absolute atomic E-state index is 0.00501. The summed E-state index contributed by atoms with van der Waals surface area (Å²) in [6.07, 6.45) is 3.70. The van der Waals surface area contributed by atoms with Crippen LogP contribution < -0.4 is 5.32 Å². The number of carbonyl (C=O) groups excluding carboxylic acids is 2. The van der Waals surface area contributed by atoms with Gasteiger partial charge in [-0.3, -0.25) is 9.59 Å². The summed E-state index contributed by atoms with van der Waals surface area (Å²) in [6.45, 7) is 4.91. The van der Waals surface area contributed by atoms with Crippen molar-refractivity contribution in [1.82, 2.24) is 10.2 Å². The van der Waals surface area contributed by atoms with Crippen LogP contribution in [0.1, 0.15) is 33.1 Å². The number of rotatable bonds is 3. The van der Waals surface area contributed by atoms with Crippen LogP contribution in [0.4, 0.5) is 0 Å². The molecule has 2 saturated heterocycles. The minimum atomic E-state index is -0.284. The summed E-state index contributed by atoms with van der Waals surface area (Å²) in [5.41, 5.74) is 0. The van der Waals surface area contributed by atoms with E-state index in [0.717, 1.165) is 6.54 Å². The minimum Gasteiger partial charge on any atom is -0.345 e. The lowest BCUT2D eigenvalue weighted by Gasteiger charge is -2.39. The fourth-order valence-corrected chi connectivity index (χ4v) is 4.02. The lowest BCUT2D eigenvalue weighted by Crippen LogP contribution is -2.61. The molecule has 2 rings (SSSR count). The molecule has 18 heavy (non-hydrogen) atoms. The lowest BCUT2D eigenvalue weighted by atomic mass is 9.98. The van der Waals surface area contributed by atoms with Gasteiger partial charge >= 0.3 is 0 Å². The molecule has 2 aliphatic rings. The van der Waals surface area contributed by atoms with Crippen LogP contribution in [0.5, 0.6) is 0 Å². The Kier molecular flexibility index (Phi) is 4.54. The average Bonchev–Trinajstić information content (AvgIpc) is 2.35. The summed E-state index contributed by atoms with van der Waals surface area (Å²) >= 11 is 1.95. The highest BCUT2D eigenvalue weighted by molar-refractivity contribution is 7.99. The molecule has 0 aliphatic carbocycles. The molecule has 4 nitrogen and oxygen atoms in total. The van der Waals surface area contributed by atoms with Crippen LogP contribution in [0, 0.1) is 5.92 Å². The summed E-state index contributed by atoms with van der Waals surface area (Å²) in [5.74, 6) is 1.43. The molecule has 0 saturated carbocycles. The number of thioether (sulfide) groups is 1. The zero-order valence-electron chi connectivity index (χ0n) is 11.1. The van der Waals surface area contributed by atoms with Crippen LogP contribution in [0.15, 0.2) is 0 Å². The van der Waals surface area contributed by atoms with E-state index in [1.165, 1.54) is 25.0 Å². The summed E-state index contributed by atoms with van der Waals surface area (Å²) in [6, 6.07) is -0.284. The highest BCUT2D eigenvalue weighted by Gasteiger charge is 2.37. The first-order valence-corrected chi connectivity index (χ1v) is 7.83. The number of nitrogens with one attached hydrogen (secondary N) is 1. The Hall–Kier alpha value is -0.710. The smallest absolute Gasteiger partial charge is 0.243 e. The second-order valence-corrected chi connectivity index (χ2v) is 6.85. The number of carbonyl (C=O) groups is 2. The van der Waals surface area contributed by atoms with Gasteiger partial charge < -0.3 is 10.2 Å². The molecule has 0 radical (unpaired) electrons. The van der Waals surface area contributed by atoms with E-state index < -0.39 is 0 Å². The fraction of sp³-hybridized carbons (Fsp3) is 0.846. The highest BCUT2D eigenvalue weighted by atomic mass is 32.2. The van der Waals surface area contributed by atoms with Gasteiger partial charge in [-0.2, -0.15) is 11.8 Å². The average molecular weight is 270 g/mol. The van der Waals surface area contributed by atoms with Crippen molar-refractivity contribution in [2.75, 3.05) is 18.8 Å². The summed E-state index contributed by atoms with van der Waals surface area (Å²) in [7, 11) is 0. The zero-order valence-corrected chi connectivity index (χ0v) is 12.0. The van der Waals surface area contributed by atoms with Crippen molar-refractivity contribution in [2.45, 2.75) is 44.4 Å². The first kappa shape index (κ1) is 13.7. The summed E-state index contributed by atoms with van der Waals surface area (Å²) < 4.78 is 0. The van der Waals surface area contributed by atoms with Gasteiger partial charge in [-0.25, -0.2) is 0 Å². The third-order valence-electron chi connectivity index (χ3n) is 3.64. The van der Waals surface area contributed by atoms with Crippen LogP contribution in [0.3, 0.4) is 0 Å². The van der Waals surface area contributed by atoms with Gasteiger partial charge in [0.05, 0.1) is 6.54 Å². The molecule has 0 bridgehead atoms. The first-order valence-electron chi connectivity index (χ1n) is 6.78. The molecule has 0 aromatic heterocycles. The molecule has 5 heteroatoms. The Balaban J connectivity index is 2.05. The predicted molar refractivity (Wildman–Crippen MR) is 73.4 cm³/mol. The Morgan fingerprint density at radius 2 is 2.17 bits per heavy atom. The van der Waals surface area contributed by atoms with Crippen molar-refractivity contribution >= 4 is 23.6 Å². The maximum atomic E-state index is 12.0. The number of hydrogen-bond donors (Lipinski definition) is 1. The second kappa shape index (κ2) is 5.95. The third kappa shape index (κ3) is 2.99. The van der Waals surface area contributed by atoms with Crippen LogP contribution >= 0.6 is 11.8 Å². The molecule has 2 amide bonds. The Bertz CT molecular complexity index is 327. The maximum Gasteiger partial charge on any atom is 0.243 e. The van der Waals surface area contributed by atoms with E-state index in [-0.39, 0.29) is 30.3 Å². The number of nitrogens with zero attached hydrogens (tertiary/aromatic N) is 1. The van der Waals surface area contributed by atoms with Crippen molar-refractivity contribution in [3.05, 3.63) is 0 Å². The molecule has 2 aliphatic heterocycles. The maximum absolute atomic E-state index is 12.0. The van der Waals surface area contributed by atoms with Gasteiger partial charge in [0.15, 0.2) is 0 Å². The van der Waals surface area contributed by atoms with Crippen LogP contribution in [0.25, 0.3) is 0 Å². The van der Waals surface area contributed by atoms with E-state index >= 15 is 0 Å². The topological polar surface area (TPSA) is 49.4 Å². The lowest BCUT2D eigenvalue weighted by molar-refractivity contribution is -0.147. The number of amides is 2. The molecule has 2 heterocycles. The van der Waals surface area contributed by atoms with Crippen molar-refractivity contribution in [3.63, 3.8) is 0 Å². The quantitative estimate of drug-likeness (QED) is 0.840. The molecule has 102 valence electrons. The fourth-order valence-electron chi connectivity index (χ4n) is 2.71. The van der Waals surface area contributed by atoms with E-state index in [1.807, 2.05) is 30.5 Å². The summed E-state index contributed by atoms with van der Waals surface area (Å²) in [5, 5.41) is 3.20. The van der Waals surface area contributed by atoms with Crippen LogP contribution in [-0.4, -0.2) is 46.8 Å². The van der Waals surface area contributed by atoms with E-state index in [1.54, 1.807) is 0 Å². The zero-order chi connectivity index (χ0) is 13.1. The molecule has 2 atom stereocenters. The van der Waals surface area contributed by atoms with E-state index in [2.05, 4.69) is 5.32 Å². The van der Waals surface area contributed by atoms with Gasteiger partial charge in [-0.15, -0.1) is 0 Å². The number of hydrogen-bond acceptors (Lipinski definition) is 3. The molecular formula is C13H22N2O2S. The highest BCUT2D eigenvalue weighted by Crippen LogP contribution is 2.27. The van der Waals surface area contributed by atoms with Gasteiger partial charge in [0.25, 0.3) is 0 Å².